The minimum atomic E-state index is 0.893. The summed E-state index contributed by atoms with van der Waals surface area (Å²) in [5.41, 5.74) is 5.90. The van der Waals surface area contributed by atoms with Crippen LogP contribution in [-0.2, 0) is 4.28 Å². The third-order valence-corrected chi connectivity index (χ3v) is 5.97. The summed E-state index contributed by atoms with van der Waals surface area (Å²) >= 11 is 4.67. The Morgan fingerprint density at radius 3 is 3.00 bits per heavy atom. The molecule has 120 valence electrons. The Labute approximate surface area is 151 Å². The Kier molecular flexibility index (Phi) is 4.48. The summed E-state index contributed by atoms with van der Waals surface area (Å²) in [6.45, 7) is 2.08. The van der Waals surface area contributed by atoms with Gasteiger partial charge in [0.1, 0.15) is 5.01 Å². The first-order valence-corrected chi connectivity index (χ1v) is 9.67. The first-order valence-electron chi connectivity index (χ1n) is 7.23. The van der Waals surface area contributed by atoms with Gasteiger partial charge in [0.05, 0.1) is 27.9 Å². The van der Waals surface area contributed by atoms with E-state index in [1.807, 2.05) is 36.5 Å². The number of rotatable bonds is 5. The SMILES string of the molecule is Cc1cc(SONc2cccc(-c3nc4ccncc4s3)c2)cs1. The van der Waals surface area contributed by atoms with E-state index in [4.69, 9.17) is 4.28 Å². The van der Waals surface area contributed by atoms with Crippen molar-refractivity contribution >= 4 is 50.6 Å². The van der Waals surface area contributed by atoms with Crippen molar-refractivity contribution in [2.24, 2.45) is 0 Å². The molecule has 1 aromatic carbocycles. The number of pyridine rings is 1. The van der Waals surface area contributed by atoms with Crippen LogP contribution in [0.3, 0.4) is 0 Å². The van der Waals surface area contributed by atoms with Gasteiger partial charge in [-0.15, -0.1) is 22.7 Å². The van der Waals surface area contributed by atoms with Gasteiger partial charge in [0.2, 0.25) is 0 Å². The van der Waals surface area contributed by atoms with Crippen molar-refractivity contribution in [1.82, 2.24) is 9.97 Å². The zero-order chi connectivity index (χ0) is 16.4. The quantitative estimate of drug-likeness (QED) is 0.356. The Morgan fingerprint density at radius 2 is 2.17 bits per heavy atom. The minimum absolute atomic E-state index is 0.893. The number of thiazole rings is 1. The summed E-state index contributed by atoms with van der Waals surface area (Å²) in [5, 5.41) is 3.05. The zero-order valence-corrected chi connectivity index (χ0v) is 15.2. The zero-order valence-electron chi connectivity index (χ0n) is 12.7. The number of hydrogen-bond acceptors (Lipinski definition) is 7. The molecule has 0 amide bonds. The lowest BCUT2D eigenvalue weighted by Crippen LogP contribution is -1.93. The topological polar surface area (TPSA) is 47.0 Å². The predicted octanol–water partition coefficient (Wildman–Crippen LogP) is 5.78. The van der Waals surface area contributed by atoms with Crippen LogP contribution in [0.2, 0.25) is 0 Å². The van der Waals surface area contributed by atoms with Gasteiger partial charge in [0.15, 0.2) is 0 Å². The smallest absolute Gasteiger partial charge is 0.124 e. The molecule has 24 heavy (non-hydrogen) atoms. The molecule has 4 rings (SSSR count). The fraction of sp³-hybridized carbons (Fsp3) is 0.0588. The third-order valence-electron chi connectivity index (χ3n) is 3.30. The summed E-state index contributed by atoms with van der Waals surface area (Å²) in [5.74, 6) is 0. The van der Waals surface area contributed by atoms with Crippen molar-refractivity contribution in [3.05, 3.63) is 59.0 Å². The average molecular weight is 372 g/mol. The molecule has 0 bridgehead atoms. The van der Waals surface area contributed by atoms with Crippen LogP contribution in [0, 0.1) is 6.92 Å². The fourth-order valence-corrected chi connectivity index (χ4v) is 4.53. The molecule has 7 heteroatoms. The molecule has 0 saturated heterocycles. The molecule has 0 saturated carbocycles. The van der Waals surface area contributed by atoms with Crippen molar-refractivity contribution in [2.45, 2.75) is 11.8 Å². The third kappa shape index (κ3) is 3.44. The van der Waals surface area contributed by atoms with Gasteiger partial charge in [-0.25, -0.2) is 4.98 Å². The number of nitrogens with one attached hydrogen (secondary N) is 1. The number of fused-ring (bicyclic) bond motifs is 1. The van der Waals surface area contributed by atoms with E-state index in [2.05, 4.69) is 33.8 Å². The molecular formula is C17H13N3OS3. The molecule has 0 unspecified atom stereocenters. The van der Waals surface area contributed by atoms with Crippen LogP contribution in [0.1, 0.15) is 4.88 Å². The van der Waals surface area contributed by atoms with Crippen LogP contribution < -0.4 is 5.48 Å². The number of hydrogen-bond donors (Lipinski definition) is 1. The van der Waals surface area contributed by atoms with Crippen molar-refractivity contribution < 1.29 is 4.28 Å². The summed E-state index contributed by atoms with van der Waals surface area (Å²) in [6.07, 6.45) is 3.61. The molecule has 4 nitrogen and oxygen atoms in total. The second-order valence-electron chi connectivity index (χ2n) is 5.11. The van der Waals surface area contributed by atoms with Crippen molar-refractivity contribution in [1.29, 1.82) is 0 Å². The molecule has 0 aliphatic carbocycles. The van der Waals surface area contributed by atoms with Crippen LogP contribution in [-0.4, -0.2) is 9.97 Å². The normalized spacial score (nSPS) is 11.0. The monoisotopic (exact) mass is 371 g/mol. The summed E-state index contributed by atoms with van der Waals surface area (Å²) in [4.78, 5) is 11.2. The molecule has 3 aromatic heterocycles. The highest BCUT2D eigenvalue weighted by Crippen LogP contribution is 2.31. The van der Waals surface area contributed by atoms with Crippen molar-refractivity contribution in [3.8, 4) is 10.6 Å². The number of anilines is 1. The van der Waals surface area contributed by atoms with E-state index < -0.39 is 0 Å². The molecular weight excluding hydrogens is 358 g/mol. The number of aromatic nitrogens is 2. The molecule has 0 spiro atoms. The molecule has 0 radical (unpaired) electrons. The summed E-state index contributed by atoms with van der Waals surface area (Å²) < 4.78 is 6.60. The van der Waals surface area contributed by atoms with Gasteiger partial charge in [-0.2, -0.15) is 4.28 Å². The van der Waals surface area contributed by atoms with Gasteiger partial charge in [-0.05, 0) is 31.2 Å². The highest BCUT2D eigenvalue weighted by Gasteiger charge is 2.07. The summed E-state index contributed by atoms with van der Waals surface area (Å²) in [7, 11) is 0. The van der Waals surface area contributed by atoms with Crippen molar-refractivity contribution in [2.75, 3.05) is 5.48 Å². The van der Waals surface area contributed by atoms with Gasteiger partial charge >= 0.3 is 0 Å². The first kappa shape index (κ1) is 15.6. The molecule has 0 fully saturated rings. The fourth-order valence-electron chi connectivity index (χ4n) is 2.20. The highest BCUT2D eigenvalue weighted by atomic mass is 32.2. The molecule has 4 aromatic rings. The standard InChI is InChI=1S/C17H13N3OS3/c1-11-7-14(10-22-11)24-21-20-13-4-2-3-12(8-13)17-19-15-5-6-18-9-16(15)23-17/h2-10,20H,1H3. The molecule has 0 aliphatic rings. The van der Waals surface area contributed by atoms with Gasteiger partial charge in [0.25, 0.3) is 0 Å². The van der Waals surface area contributed by atoms with Crippen LogP contribution in [0.5, 0.6) is 0 Å². The largest absolute Gasteiger partial charge is 0.263 e. The van der Waals surface area contributed by atoms with Crippen LogP contribution in [0.4, 0.5) is 5.69 Å². The maximum Gasteiger partial charge on any atom is 0.124 e. The van der Waals surface area contributed by atoms with Gasteiger partial charge in [-0.3, -0.25) is 10.5 Å². The lowest BCUT2D eigenvalue weighted by molar-refractivity contribution is 0.477. The van der Waals surface area contributed by atoms with Crippen LogP contribution in [0.25, 0.3) is 20.8 Å². The Balaban J connectivity index is 1.48. The van der Waals surface area contributed by atoms with E-state index in [0.29, 0.717) is 0 Å². The van der Waals surface area contributed by atoms with E-state index in [0.717, 1.165) is 31.4 Å². The first-order chi connectivity index (χ1) is 11.8. The Hall–Kier alpha value is -1.93. The Bertz CT molecular complexity index is 947. The number of benzene rings is 1. The van der Waals surface area contributed by atoms with E-state index >= 15 is 0 Å². The number of nitrogens with zero attached hydrogens (tertiary/aromatic N) is 2. The maximum absolute atomic E-state index is 5.52. The van der Waals surface area contributed by atoms with Crippen LogP contribution in [0.15, 0.2) is 59.1 Å². The van der Waals surface area contributed by atoms with E-state index in [1.165, 1.54) is 16.9 Å². The van der Waals surface area contributed by atoms with Crippen molar-refractivity contribution in [3.63, 3.8) is 0 Å². The number of thiophene rings is 1. The maximum atomic E-state index is 5.52. The molecule has 1 N–H and O–H groups in total. The molecule has 0 aliphatic heterocycles. The highest BCUT2D eigenvalue weighted by molar-refractivity contribution is 7.94. The minimum Gasteiger partial charge on any atom is -0.263 e. The van der Waals surface area contributed by atoms with Gasteiger partial charge in [0, 0.05) is 33.1 Å². The Morgan fingerprint density at radius 1 is 1.21 bits per heavy atom. The van der Waals surface area contributed by atoms with E-state index in [-0.39, 0.29) is 0 Å². The average Bonchev–Trinajstić information content (AvgIpc) is 3.21. The second-order valence-corrected chi connectivity index (χ2v) is 8.06. The molecule has 3 heterocycles. The van der Waals surface area contributed by atoms with E-state index in [9.17, 15) is 0 Å². The lowest BCUT2D eigenvalue weighted by Gasteiger charge is -2.05. The van der Waals surface area contributed by atoms with Gasteiger partial charge in [-0.1, -0.05) is 12.1 Å². The second kappa shape index (κ2) is 6.90. The van der Waals surface area contributed by atoms with Crippen LogP contribution >= 0.6 is 34.7 Å². The lowest BCUT2D eigenvalue weighted by atomic mass is 10.2. The number of aryl methyl sites for hydroxylation is 1. The van der Waals surface area contributed by atoms with E-state index in [1.54, 1.807) is 28.9 Å². The summed E-state index contributed by atoms with van der Waals surface area (Å²) in [6, 6.07) is 12.1. The molecule has 0 atom stereocenters. The predicted molar refractivity (Wildman–Crippen MR) is 102 cm³/mol. The van der Waals surface area contributed by atoms with Gasteiger partial charge < -0.3 is 0 Å².